The lowest BCUT2D eigenvalue weighted by Gasteiger charge is -2.27. The second kappa shape index (κ2) is 8.78. The molecule has 0 aromatic heterocycles. The highest BCUT2D eigenvalue weighted by Gasteiger charge is 2.33. The predicted molar refractivity (Wildman–Crippen MR) is 93.5 cm³/mol. The Balaban J connectivity index is 0.00000288. The molecule has 1 aromatic carbocycles. The van der Waals surface area contributed by atoms with E-state index in [0.717, 1.165) is 25.0 Å². The van der Waals surface area contributed by atoms with Gasteiger partial charge in [-0.1, -0.05) is 6.92 Å². The van der Waals surface area contributed by atoms with Gasteiger partial charge in [-0.3, -0.25) is 4.79 Å². The van der Waals surface area contributed by atoms with Crippen molar-refractivity contribution in [1.29, 1.82) is 0 Å². The molecule has 0 aliphatic carbocycles. The SMILES string of the molecule is CNCC1CCCN1C(=O)C(C)CS(=O)(=O)c1ccc(F)cc1.Cl. The fourth-order valence-electron chi connectivity index (χ4n) is 3.00. The Labute approximate surface area is 148 Å². The van der Waals surface area contributed by atoms with E-state index in [0.29, 0.717) is 13.1 Å². The van der Waals surface area contributed by atoms with Gasteiger partial charge in [0.25, 0.3) is 0 Å². The van der Waals surface area contributed by atoms with Gasteiger partial charge in [0.2, 0.25) is 5.91 Å². The number of sulfone groups is 1. The minimum Gasteiger partial charge on any atom is -0.338 e. The molecule has 5 nitrogen and oxygen atoms in total. The van der Waals surface area contributed by atoms with Crippen LogP contribution in [0.25, 0.3) is 0 Å². The normalized spacial score (nSPS) is 19.0. The molecule has 0 saturated carbocycles. The number of rotatable bonds is 6. The van der Waals surface area contributed by atoms with Crippen molar-refractivity contribution in [2.45, 2.75) is 30.7 Å². The first-order valence-electron chi connectivity index (χ1n) is 7.78. The predicted octanol–water partition coefficient (Wildman–Crippen LogP) is 1.87. The molecule has 1 aromatic rings. The van der Waals surface area contributed by atoms with Crippen LogP contribution < -0.4 is 5.32 Å². The largest absolute Gasteiger partial charge is 0.338 e. The molecule has 8 heteroatoms. The molecule has 1 fully saturated rings. The molecule has 0 bridgehead atoms. The molecule has 24 heavy (non-hydrogen) atoms. The summed E-state index contributed by atoms with van der Waals surface area (Å²) in [4.78, 5) is 14.4. The molecule has 0 radical (unpaired) electrons. The number of halogens is 2. The van der Waals surface area contributed by atoms with Gasteiger partial charge in [-0.05, 0) is 44.2 Å². The van der Waals surface area contributed by atoms with Crippen LogP contribution in [0.5, 0.6) is 0 Å². The Morgan fingerprint density at radius 3 is 2.58 bits per heavy atom. The van der Waals surface area contributed by atoms with Gasteiger partial charge in [-0.2, -0.15) is 0 Å². The van der Waals surface area contributed by atoms with Crippen molar-refractivity contribution in [2.24, 2.45) is 5.92 Å². The van der Waals surface area contributed by atoms with Crippen LogP contribution in [0.3, 0.4) is 0 Å². The van der Waals surface area contributed by atoms with Gasteiger partial charge in [0.1, 0.15) is 5.82 Å². The summed E-state index contributed by atoms with van der Waals surface area (Å²) in [6.07, 6.45) is 1.87. The second-order valence-electron chi connectivity index (χ2n) is 6.02. The van der Waals surface area contributed by atoms with Gasteiger partial charge in [-0.15, -0.1) is 12.4 Å². The summed E-state index contributed by atoms with van der Waals surface area (Å²) >= 11 is 0. The van der Waals surface area contributed by atoms with Crippen molar-refractivity contribution in [3.8, 4) is 0 Å². The number of nitrogens with zero attached hydrogens (tertiary/aromatic N) is 1. The number of hydrogen-bond acceptors (Lipinski definition) is 4. The van der Waals surface area contributed by atoms with E-state index in [1.807, 2.05) is 7.05 Å². The Bertz CT molecular complexity index is 652. The van der Waals surface area contributed by atoms with Crippen molar-refractivity contribution < 1.29 is 17.6 Å². The molecule has 1 amide bonds. The summed E-state index contributed by atoms with van der Waals surface area (Å²) in [5.74, 6) is -1.50. The molecule has 1 N–H and O–H groups in total. The molecule has 136 valence electrons. The maximum atomic E-state index is 12.9. The van der Waals surface area contributed by atoms with E-state index in [-0.39, 0.29) is 35.0 Å². The van der Waals surface area contributed by atoms with Crippen LogP contribution in [0.15, 0.2) is 29.2 Å². The highest BCUT2D eigenvalue weighted by Crippen LogP contribution is 2.22. The minimum absolute atomic E-state index is 0. The maximum Gasteiger partial charge on any atom is 0.226 e. The first kappa shape index (κ1) is 20.9. The topological polar surface area (TPSA) is 66.5 Å². The van der Waals surface area contributed by atoms with Crippen molar-refractivity contribution >= 4 is 28.2 Å². The zero-order chi connectivity index (χ0) is 17.0. The second-order valence-corrected chi connectivity index (χ2v) is 8.06. The summed E-state index contributed by atoms with van der Waals surface area (Å²) < 4.78 is 37.7. The van der Waals surface area contributed by atoms with Crippen LogP contribution in [-0.2, 0) is 14.6 Å². The van der Waals surface area contributed by atoms with Crippen molar-refractivity contribution in [3.05, 3.63) is 30.1 Å². The Kier molecular flexibility index (Phi) is 7.63. The highest BCUT2D eigenvalue weighted by atomic mass is 35.5. The number of benzene rings is 1. The molecule has 0 spiro atoms. The fraction of sp³-hybridized carbons (Fsp3) is 0.562. The molecule has 1 heterocycles. The summed E-state index contributed by atoms with van der Waals surface area (Å²) in [5, 5.41) is 3.07. The molecule has 1 saturated heterocycles. The van der Waals surface area contributed by atoms with Crippen LogP contribution in [0.4, 0.5) is 4.39 Å². The third-order valence-electron chi connectivity index (χ3n) is 4.16. The number of likely N-dealkylation sites (tertiary alicyclic amines) is 1. The van der Waals surface area contributed by atoms with Crippen LogP contribution in [0.2, 0.25) is 0 Å². The molecule has 1 aliphatic heterocycles. The first-order valence-corrected chi connectivity index (χ1v) is 9.44. The van der Waals surface area contributed by atoms with E-state index in [2.05, 4.69) is 5.32 Å². The third-order valence-corrected chi connectivity index (χ3v) is 6.09. The maximum absolute atomic E-state index is 12.9. The molecule has 2 rings (SSSR count). The van der Waals surface area contributed by atoms with Gasteiger partial charge in [0.15, 0.2) is 9.84 Å². The Morgan fingerprint density at radius 1 is 1.38 bits per heavy atom. The first-order chi connectivity index (χ1) is 10.8. The number of hydrogen-bond donors (Lipinski definition) is 1. The lowest BCUT2D eigenvalue weighted by Crippen LogP contribution is -2.44. The van der Waals surface area contributed by atoms with Crippen molar-refractivity contribution in [3.63, 3.8) is 0 Å². The monoisotopic (exact) mass is 378 g/mol. The van der Waals surface area contributed by atoms with Gasteiger partial charge < -0.3 is 10.2 Å². The smallest absolute Gasteiger partial charge is 0.226 e. The van der Waals surface area contributed by atoms with E-state index >= 15 is 0 Å². The molecular formula is C16H24ClFN2O3S. The molecule has 1 aliphatic rings. The molecular weight excluding hydrogens is 355 g/mol. The molecule has 2 unspecified atom stereocenters. The van der Waals surface area contributed by atoms with Crippen LogP contribution in [0.1, 0.15) is 19.8 Å². The minimum atomic E-state index is -3.61. The number of likely N-dealkylation sites (N-methyl/N-ethyl adjacent to an activating group) is 1. The van der Waals surface area contributed by atoms with Gasteiger partial charge in [-0.25, -0.2) is 12.8 Å². The standard InChI is InChI=1S/C16H23FN2O3S.ClH/c1-12(16(20)19-9-3-4-14(19)10-18-2)11-23(21,22)15-7-5-13(17)6-8-15;/h5-8,12,14,18H,3-4,9-11H2,1-2H3;1H. The summed E-state index contributed by atoms with van der Waals surface area (Å²) in [6.45, 7) is 3.02. The number of nitrogens with one attached hydrogen (secondary N) is 1. The van der Waals surface area contributed by atoms with E-state index in [9.17, 15) is 17.6 Å². The summed E-state index contributed by atoms with van der Waals surface area (Å²) in [7, 11) is -1.77. The summed E-state index contributed by atoms with van der Waals surface area (Å²) in [6, 6.07) is 4.83. The third kappa shape index (κ3) is 4.91. The number of carbonyl (C=O) groups excluding carboxylic acids is 1. The molecule has 2 atom stereocenters. The van der Waals surface area contributed by atoms with Gasteiger partial charge in [0.05, 0.1) is 10.6 Å². The lowest BCUT2D eigenvalue weighted by molar-refractivity contribution is -0.135. The average Bonchev–Trinajstić information content (AvgIpc) is 2.95. The Hall–Kier alpha value is -1.18. The van der Waals surface area contributed by atoms with Gasteiger partial charge in [0, 0.05) is 25.0 Å². The number of amides is 1. The quantitative estimate of drug-likeness (QED) is 0.767. The summed E-state index contributed by atoms with van der Waals surface area (Å²) in [5.41, 5.74) is 0. The van der Waals surface area contributed by atoms with Crippen LogP contribution in [-0.4, -0.2) is 51.2 Å². The van der Waals surface area contributed by atoms with Gasteiger partial charge >= 0.3 is 0 Å². The van der Waals surface area contributed by atoms with Crippen molar-refractivity contribution in [2.75, 3.05) is 25.9 Å². The van der Waals surface area contributed by atoms with Crippen LogP contribution in [0, 0.1) is 11.7 Å². The van der Waals surface area contributed by atoms with Crippen molar-refractivity contribution in [1.82, 2.24) is 10.2 Å². The van der Waals surface area contributed by atoms with Crippen LogP contribution >= 0.6 is 12.4 Å². The fourth-order valence-corrected chi connectivity index (χ4v) is 4.54. The van der Waals surface area contributed by atoms with E-state index < -0.39 is 21.6 Å². The Morgan fingerprint density at radius 2 is 2.00 bits per heavy atom. The zero-order valence-electron chi connectivity index (χ0n) is 13.9. The average molecular weight is 379 g/mol. The number of carbonyl (C=O) groups is 1. The van der Waals surface area contributed by atoms with E-state index in [4.69, 9.17) is 0 Å². The van der Waals surface area contributed by atoms with E-state index in [1.54, 1.807) is 11.8 Å². The lowest BCUT2D eigenvalue weighted by atomic mass is 10.1. The van der Waals surface area contributed by atoms with E-state index in [1.165, 1.54) is 12.1 Å². The highest BCUT2D eigenvalue weighted by molar-refractivity contribution is 7.91. The zero-order valence-corrected chi connectivity index (χ0v) is 15.5.